The van der Waals surface area contributed by atoms with E-state index in [1.54, 1.807) is 6.20 Å². The highest BCUT2D eigenvalue weighted by Gasteiger charge is 2.18. The lowest BCUT2D eigenvalue weighted by Gasteiger charge is -2.11. The molecule has 2 N–H and O–H groups in total. The average Bonchev–Trinajstić information content (AvgIpc) is 2.81. The van der Waals surface area contributed by atoms with Crippen LogP contribution in [0, 0.1) is 0 Å². The van der Waals surface area contributed by atoms with Crippen LogP contribution in [0.5, 0.6) is 0 Å². The van der Waals surface area contributed by atoms with Crippen molar-refractivity contribution in [2.45, 2.75) is 32.2 Å². The summed E-state index contributed by atoms with van der Waals surface area (Å²) in [5.74, 6) is 0.350. The van der Waals surface area contributed by atoms with Crippen molar-refractivity contribution in [1.29, 1.82) is 0 Å². The molecule has 4 nitrogen and oxygen atoms in total. The van der Waals surface area contributed by atoms with Gasteiger partial charge in [-0.15, -0.1) is 5.10 Å². The maximum atomic E-state index is 6.23. The minimum Gasteiger partial charge on any atom is -0.323 e. The van der Waals surface area contributed by atoms with E-state index in [2.05, 4.69) is 44.3 Å². The van der Waals surface area contributed by atoms with Crippen molar-refractivity contribution in [3.05, 3.63) is 39.1 Å². The molecular formula is C12H15BrN4S. The third-order valence-corrected chi connectivity index (χ3v) is 3.98. The van der Waals surface area contributed by atoms with E-state index >= 15 is 0 Å². The van der Waals surface area contributed by atoms with E-state index in [1.165, 1.54) is 11.5 Å². The van der Waals surface area contributed by atoms with Gasteiger partial charge in [-0.2, -0.15) is 0 Å². The summed E-state index contributed by atoms with van der Waals surface area (Å²) in [6, 6.07) is 3.87. The molecular weight excluding hydrogens is 312 g/mol. The van der Waals surface area contributed by atoms with Crippen molar-refractivity contribution >= 4 is 27.5 Å². The number of halogens is 1. The Hall–Kier alpha value is -0.850. The molecule has 0 radical (unpaired) electrons. The second kappa shape index (κ2) is 5.86. The molecule has 0 aliphatic rings. The summed E-state index contributed by atoms with van der Waals surface area (Å²) in [4.78, 5) is 5.40. The molecule has 0 bridgehead atoms. The van der Waals surface area contributed by atoms with Gasteiger partial charge >= 0.3 is 0 Å². The number of pyridine rings is 1. The minimum atomic E-state index is -0.0870. The second-order valence-electron chi connectivity index (χ2n) is 4.46. The Balaban J connectivity index is 2.14. The normalized spacial score (nSPS) is 12.9. The fraction of sp³-hybridized carbons (Fsp3) is 0.417. The zero-order chi connectivity index (χ0) is 13.1. The van der Waals surface area contributed by atoms with E-state index in [0.29, 0.717) is 12.3 Å². The Bertz CT molecular complexity index is 509. The van der Waals surface area contributed by atoms with Crippen molar-refractivity contribution in [2.75, 3.05) is 0 Å². The number of nitrogens with two attached hydrogens (primary N) is 1. The Morgan fingerprint density at radius 3 is 2.78 bits per heavy atom. The first-order chi connectivity index (χ1) is 8.58. The highest BCUT2D eigenvalue weighted by molar-refractivity contribution is 9.10. The summed E-state index contributed by atoms with van der Waals surface area (Å²) in [6.07, 6.45) is 2.49. The highest BCUT2D eigenvalue weighted by Crippen LogP contribution is 2.26. The first-order valence-electron chi connectivity index (χ1n) is 5.76. The number of rotatable bonds is 4. The molecule has 2 aromatic heterocycles. The molecule has 0 aliphatic heterocycles. The largest absolute Gasteiger partial charge is 0.323 e. The van der Waals surface area contributed by atoms with Crippen LogP contribution in [-0.2, 0) is 6.42 Å². The van der Waals surface area contributed by atoms with E-state index < -0.39 is 0 Å². The molecule has 0 aromatic carbocycles. The number of aromatic nitrogens is 3. The van der Waals surface area contributed by atoms with Gasteiger partial charge in [0.15, 0.2) is 0 Å². The highest BCUT2D eigenvalue weighted by atomic mass is 79.9. The monoisotopic (exact) mass is 326 g/mol. The molecule has 0 spiro atoms. The molecule has 1 unspecified atom stereocenters. The summed E-state index contributed by atoms with van der Waals surface area (Å²) >= 11 is 4.75. The van der Waals surface area contributed by atoms with Crippen LogP contribution in [0.1, 0.15) is 42.1 Å². The molecule has 0 aliphatic carbocycles. The minimum absolute atomic E-state index is 0.0870. The van der Waals surface area contributed by atoms with Crippen molar-refractivity contribution in [3.8, 4) is 0 Å². The molecule has 96 valence electrons. The Labute approximate surface area is 119 Å². The summed E-state index contributed by atoms with van der Waals surface area (Å²) in [6.45, 7) is 4.20. The van der Waals surface area contributed by atoms with E-state index in [1.807, 2.05) is 12.1 Å². The molecule has 0 saturated carbocycles. The molecule has 2 heterocycles. The van der Waals surface area contributed by atoms with Gasteiger partial charge in [0.1, 0.15) is 0 Å². The number of nitrogens with zero attached hydrogens (tertiary/aromatic N) is 3. The lowest BCUT2D eigenvalue weighted by molar-refractivity contribution is 0.689. The maximum absolute atomic E-state index is 6.23. The van der Waals surface area contributed by atoms with E-state index in [0.717, 1.165) is 20.7 Å². The molecule has 2 rings (SSSR count). The lowest BCUT2D eigenvalue weighted by atomic mass is 10.0. The van der Waals surface area contributed by atoms with Gasteiger partial charge in [0.2, 0.25) is 0 Å². The van der Waals surface area contributed by atoms with Crippen LogP contribution in [0.25, 0.3) is 0 Å². The maximum Gasteiger partial charge on any atom is 0.0829 e. The van der Waals surface area contributed by atoms with Crippen LogP contribution < -0.4 is 5.73 Å². The first kappa shape index (κ1) is 13.6. The molecule has 18 heavy (non-hydrogen) atoms. The van der Waals surface area contributed by atoms with Crippen LogP contribution in [0.15, 0.2) is 22.8 Å². The Morgan fingerprint density at radius 1 is 1.39 bits per heavy atom. The van der Waals surface area contributed by atoms with Gasteiger partial charge in [-0.25, -0.2) is 0 Å². The zero-order valence-electron chi connectivity index (χ0n) is 10.3. The van der Waals surface area contributed by atoms with Crippen LogP contribution >= 0.6 is 27.5 Å². The molecule has 1 atom stereocenters. The van der Waals surface area contributed by atoms with Crippen molar-refractivity contribution < 1.29 is 0 Å². The molecule has 0 saturated heterocycles. The first-order valence-corrected chi connectivity index (χ1v) is 7.32. The number of hydrogen-bond acceptors (Lipinski definition) is 5. The Kier molecular flexibility index (Phi) is 4.42. The molecule has 0 fully saturated rings. The predicted molar refractivity (Wildman–Crippen MR) is 76.6 cm³/mol. The quantitative estimate of drug-likeness (QED) is 0.937. The van der Waals surface area contributed by atoms with Gasteiger partial charge in [-0.3, -0.25) is 4.98 Å². The lowest BCUT2D eigenvalue weighted by Crippen LogP contribution is -2.15. The van der Waals surface area contributed by atoms with Crippen LogP contribution in [0.2, 0.25) is 0 Å². The third-order valence-electron chi connectivity index (χ3n) is 2.64. The zero-order valence-corrected chi connectivity index (χ0v) is 12.7. The second-order valence-corrected chi connectivity index (χ2v) is 6.16. The van der Waals surface area contributed by atoms with Gasteiger partial charge in [0, 0.05) is 28.8 Å². The van der Waals surface area contributed by atoms with Gasteiger partial charge in [-0.1, -0.05) is 18.3 Å². The van der Waals surface area contributed by atoms with E-state index in [9.17, 15) is 0 Å². The smallest absolute Gasteiger partial charge is 0.0829 e. The van der Waals surface area contributed by atoms with Crippen LogP contribution in [0.3, 0.4) is 0 Å². The fourth-order valence-corrected chi connectivity index (χ4v) is 2.75. The fourth-order valence-electron chi connectivity index (χ4n) is 1.71. The van der Waals surface area contributed by atoms with Crippen LogP contribution in [0.4, 0.5) is 0 Å². The summed E-state index contributed by atoms with van der Waals surface area (Å²) in [7, 11) is 0. The van der Waals surface area contributed by atoms with Crippen molar-refractivity contribution in [3.63, 3.8) is 0 Å². The number of hydrogen-bond donors (Lipinski definition) is 1. The van der Waals surface area contributed by atoms with Gasteiger partial charge in [0.25, 0.3) is 0 Å². The van der Waals surface area contributed by atoms with E-state index in [4.69, 9.17) is 5.73 Å². The van der Waals surface area contributed by atoms with Gasteiger partial charge < -0.3 is 5.73 Å². The van der Waals surface area contributed by atoms with Crippen LogP contribution in [-0.4, -0.2) is 14.6 Å². The topological polar surface area (TPSA) is 64.7 Å². The molecule has 0 amide bonds. The third kappa shape index (κ3) is 3.13. The average molecular weight is 327 g/mol. The summed E-state index contributed by atoms with van der Waals surface area (Å²) in [5.41, 5.74) is 8.21. The standard InChI is InChI=1S/C12H15BrN4S/c1-7(2)11-12(18-17-16-11)10(14)5-9-4-3-8(13)6-15-9/h3-4,6-7,10H,5,14H2,1-2H3. The predicted octanol–water partition coefficient (Wildman–Crippen LogP) is 3.06. The van der Waals surface area contributed by atoms with Crippen molar-refractivity contribution in [2.24, 2.45) is 5.73 Å². The molecule has 6 heteroatoms. The summed E-state index contributed by atoms with van der Waals surface area (Å²) < 4.78 is 4.98. The van der Waals surface area contributed by atoms with E-state index in [-0.39, 0.29) is 6.04 Å². The van der Waals surface area contributed by atoms with Gasteiger partial charge in [0.05, 0.1) is 10.6 Å². The Morgan fingerprint density at radius 2 is 2.17 bits per heavy atom. The van der Waals surface area contributed by atoms with Gasteiger partial charge in [-0.05, 0) is 45.5 Å². The van der Waals surface area contributed by atoms with Crippen molar-refractivity contribution in [1.82, 2.24) is 14.6 Å². The molecule has 2 aromatic rings. The SMILES string of the molecule is CC(C)c1nnsc1C(N)Cc1ccc(Br)cn1. The summed E-state index contributed by atoms with van der Waals surface area (Å²) in [5, 5.41) is 4.15.